The summed E-state index contributed by atoms with van der Waals surface area (Å²) in [6, 6.07) is 0. The molecule has 0 nitrogen and oxygen atoms in total. The van der Waals surface area contributed by atoms with Gasteiger partial charge in [-0.2, -0.15) is 0 Å². The van der Waals surface area contributed by atoms with Gasteiger partial charge in [0.2, 0.25) is 0 Å². The molecule has 0 aliphatic heterocycles. The number of allylic oxidation sites excluding steroid dienone is 4. The average molecular weight is 178 g/mol. The summed E-state index contributed by atoms with van der Waals surface area (Å²) < 4.78 is 0. The zero-order valence-corrected chi connectivity index (χ0v) is 9.43. The van der Waals surface area contributed by atoms with Crippen LogP contribution in [0.1, 0.15) is 47.0 Å². The molecule has 0 aromatic carbocycles. The Bertz CT molecular complexity index is 218. The van der Waals surface area contributed by atoms with Gasteiger partial charge in [0.05, 0.1) is 0 Å². The van der Waals surface area contributed by atoms with Gasteiger partial charge in [-0.05, 0) is 38.0 Å². The normalized spacial score (nSPS) is 23.0. The van der Waals surface area contributed by atoms with Crippen molar-refractivity contribution in [1.82, 2.24) is 0 Å². The molecule has 1 unspecified atom stereocenters. The quantitative estimate of drug-likeness (QED) is 0.603. The van der Waals surface area contributed by atoms with Crippen molar-refractivity contribution in [1.29, 1.82) is 0 Å². The molecule has 0 heterocycles. The predicted octanol–water partition coefficient (Wildman–Crippen LogP) is 4.34. The minimum Gasteiger partial charge on any atom is -0.0807 e. The Morgan fingerprint density at radius 2 is 2.15 bits per heavy atom. The maximum atomic E-state index is 2.42. The van der Waals surface area contributed by atoms with Crippen LogP contribution in [0.5, 0.6) is 0 Å². The molecule has 1 atom stereocenters. The van der Waals surface area contributed by atoms with Crippen molar-refractivity contribution in [3.8, 4) is 0 Å². The second-order valence-electron chi connectivity index (χ2n) is 4.58. The van der Waals surface area contributed by atoms with Crippen molar-refractivity contribution in [2.24, 2.45) is 11.8 Å². The Balaban J connectivity index is 2.57. The molecule has 0 amide bonds. The lowest BCUT2D eigenvalue weighted by atomic mass is 9.83. The minimum atomic E-state index is 0.815. The summed E-state index contributed by atoms with van der Waals surface area (Å²) in [6.07, 6.45) is 8.60. The van der Waals surface area contributed by atoms with Crippen LogP contribution < -0.4 is 0 Å². The standard InChI is InChI=1S/C13H22/c1-5-12-6-7-13(8-10(2)3)11(4)9-12/h6,9-10,13H,5,7-8H2,1-4H3. The van der Waals surface area contributed by atoms with Crippen LogP contribution >= 0.6 is 0 Å². The van der Waals surface area contributed by atoms with E-state index in [1.54, 1.807) is 5.57 Å². The first-order chi connectivity index (χ1) is 6.13. The monoisotopic (exact) mass is 178 g/mol. The van der Waals surface area contributed by atoms with E-state index >= 15 is 0 Å². The molecule has 0 saturated carbocycles. The highest BCUT2D eigenvalue weighted by Crippen LogP contribution is 2.29. The van der Waals surface area contributed by atoms with Crippen molar-refractivity contribution in [3.05, 3.63) is 23.3 Å². The fourth-order valence-electron chi connectivity index (χ4n) is 2.05. The van der Waals surface area contributed by atoms with Crippen LogP contribution in [-0.2, 0) is 0 Å². The molecule has 0 heteroatoms. The van der Waals surface area contributed by atoms with Crippen molar-refractivity contribution >= 4 is 0 Å². The number of hydrogen-bond donors (Lipinski definition) is 0. The smallest absolute Gasteiger partial charge is 0.0166 e. The third-order valence-electron chi connectivity index (χ3n) is 2.89. The molecule has 0 aromatic heterocycles. The molecule has 0 spiro atoms. The van der Waals surface area contributed by atoms with Gasteiger partial charge in [-0.15, -0.1) is 0 Å². The molecule has 0 fully saturated rings. The van der Waals surface area contributed by atoms with Gasteiger partial charge in [0.15, 0.2) is 0 Å². The van der Waals surface area contributed by atoms with Crippen LogP contribution in [0.15, 0.2) is 23.3 Å². The molecule has 0 aromatic rings. The molecular formula is C13H22. The molecule has 74 valence electrons. The first kappa shape index (κ1) is 10.6. The van der Waals surface area contributed by atoms with E-state index in [0.717, 1.165) is 11.8 Å². The van der Waals surface area contributed by atoms with Crippen molar-refractivity contribution in [3.63, 3.8) is 0 Å². The molecule has 1 aliphatic rings. The Kier molecular flexibility index (Phi) is 3.77. The maximum Gasteiger partial charge on any atom is -0.0166 e. The Hall–Kier alpha value is -0.520. The largest absolute Gasteiger partial charge is 0.0807 e. The van der Waals surface area contributed by atoms with Gasteiger partial charge in [0, 0.05) is 0 Å². The van der Waals surface area contributed by atoms with Crippen molar-refractivity contribution in [2.45, 2.75) is 47.0 Å². The van der Waals surface area contributed by atoms with E-state index in [0.29, 0.717) is 0 Å². The number of hydrogen-bond acceptors (Lipinski definition) is 0. The van der Waals surface area contributed by atoms with E-state index in [9.17, 15) is 0 Å². The molecular weight excluding hydrogens is 156 g/mol. The summed E-state index contributed by atoms with van der Waals surface area (Å²) in [5.74, 6) is 1.64. The van der Waals surface area contributed by atoms with Crippen molar-refractivity contribution < 1.29 is 0 Å². The van der Waals surface area contributed by atoms with E-state index in [4.69, 9.17) is 0 Å². The fourth-order valence-corrected chi connectivity index (χ4v) is 2.05. The van der Waals surface area contributed by atoms with Gasteiger partial charge in [-0.25, -0.2) is 0 Å². The fraction of sp³-hybridized carbons (Fsp3) is 0.692. The first-order valence-corrected chi connectivity index (χ1v) is 5.50. The van der Waals surface area contributed by atoms with Crippen LogP contribution in [0, 0.1) is 11.8 Å². The lowest BCUT2D eigenvalue weighted by Crippen LogP contribution is -2.08. The average Bonchev–Trinajstić information content (AvgIpc) is 2.08. The summed E-state index contributed by atoms with van der Waals surface area (Å²) in [6.45, 7) is 9.15. The second kappa shape index (κ2) is 4.64. The predicted molar refractivity (Wildman–Crippen MR) is 59.7 cm³/mol. The maximum absolute atomic E-state index is 2.42. The minimum absolute atomic E-state index is 0.815. The molecule has 0 bridgehead atoms. The number of rotatable bonds is 3. The van der Waals surface area contributed by atoms with Gasteiger partial charge in [-0.1, -0.05) is 44.1 Å². The SMILES string of the molecule is CCC1=CCC(CC(C)C)C(C)=C1. The Labute approximate surface area is 82.7 Å². The third-order valence-corrected chi connectivity index (χ3v) is 2.89. The topological polar surface area (TPSA) is 0 Å². The zero-order valence-electron chi connectivity index (χ0n) is 9.43. The molecule has 0 N–H and O–H groups in total. The van der Waals surface area contributed by atoms with Crippen molar-refractivity contribution in [2.75, 3.05) is 0 Å². The summed E-state index contributed by atoms with van der Waals surface area (Å²) >= 11 is 0. The van der Waals surface area contributed by atoms with Gasteiger partial charge in [0.1, 0.15) is 0 Å². The molecule has 1 aliphatic carbocycles. The van der Waals surface area contributed by atoms with E-state index in [1.165, 1.54) is 24.8 Å². The van der Waals surface area contributed by atoms with Crippen LogP contribution in [0.4, 0.5) is 0 Å². The van der Waals surface area contributed by atoms with Gasteiger partial charge >= 0.3 is 0 Å². The van der Waals surface area contributed by atoms with Gasteiger partial charge < -0.3 is 0 Å². The van der Waals surface area contributed by atoms with Crippen LogP contribution in [0.3, 0.4) is 0 Å². The highest BCUT2D eigenvalue weighted by Gasteiger charge is 2.14. The molecule has 1 rings (SSSR count). The van der Waals surface area contributed by atoms with E-state index in [2.05, 4.69) is 39.8 Å². The summed E-state index contributed by atoms with van der Waals surface area (Å²) in [5.41, 5.74) is 3.12. The lowest BCUT2D eigenvalue weighted by Gasteiger charge is -2.22. The molecule has 13 heavy (non-hydrogen) atoms. The highest BCUT2D eigenvalue weighted by atomic mass is 14.2. The summed E-state index contributed by atoms with van der Waals surface area (Å²) in [7, 11) is 0. The summed E-state index contributed by atoms with van der Waals surface area (Å²) in [5, 5.41) is 0. The lowest BCUT2D eigenvalue weighted by molar-refractivity contribution is 0.456. The first-order valence-electron chi connectivity index (χ1n) is 5.50. The molecule has 0 saturated heterocycles. The summed E-state index contributed by atoms with van der Waals surface area (Å²) in [4.78, 5) is 0. The van der Waals surface area contributed by atoms with E-state index in [-0.39, 0.29) is 0 Å². The van der Waals surface area contributed by atoms with Crippen LogP contribution in [0.2, 0.25) is 0 Å². The van der Waals surface area contributed by atoms with Gasteiger partial charge in [-0.3, -0.25) is 0 Å². The Morgan fingerprint density at radius 1 is 1.46 bits per heavy atom. The third kappa shape index (κ3) is 3.02. The zero-order chi connectivity index (χ0) is 9.84. The van der Waals surface area contributed by atoms with Crippen LogP contribution in [0.25, 0.3) is 0 Å². The van der Waals surface area contributed by atoms with E-state index < -0.39 is 0 Å². The Morgan fingerprint density at radius 3 is 2.62 bits per heavy atom. The van der Waals surface area contributed by atoms with Gasteiger partial charge in [0.25, 0.3) is 0 Å². The van der Waals surface area contributed by atoms with Crippen LogP contribution in [-0.4, -0.2) is 0 Å². The van der Waals surface area contributed by atoms with E-state index in [1.807, 2.05) is 0 Å². The second-order valence-corrected chi connectivity index (χ2v) is 4.58. The highest BCUT2D eigenvalue weighted by molar-refractivity contribution is 5.28. The molecule has 0 radical (unpaired) electrons.